The number of aromatic nitrogens is 2. The predicted molar refractivity (Wildman–Crippen MR) is 110 cm³/mol. The maximum absolute atomic E-state index is 12.6. The second-order valence-corrected chi connectivity index (χ2v) is 8.97. The number of rotatable bonds is 4. The smallest absolute Gasteiger partial charge is 0.253 e. The molecular formula is C18H11Cl2N3O2S2. The molecule has 0 bridgehead atoms. The monoisotopic (exact) mass is 435 g/mol. The molecule has 0 fully saturated rings. The van der Waals surface area contributed by atoms with Crippen molar-refractivity contribution in [2.45, 2.75) is 4.90 Å². The lowest BCUT2D eigenvalue weighted by Gasteiger charge is -2.11. The third-order valence-corrected chi connectivity index (χ3v) is 6.56. The summed E-state index contributed by atoms with van der Waals surface area (Å²) in [5.74, 6) is 0. The van der Waals surface area contributed by atoms with Gasteiger partial charge in [0.1, 0.15) is 6.33 Å². The first-order valence-electron chi connectivity index (χ1n) is 7.72. The van der Waals surface area contributed by atoms with Gasteiger partial charge in [-0.1, -0.05) is 53.5 Å². The summed E-state index contributed by atoms with van der Waals surface area (Å²) < 4.78 is 31.4. The van der Waals surface area contributed by atoms with Crippen molar-refractivity contribution >= 4 is 60.7 Å². The van der Waals surface area contributed by atoms with Crippen molar-refractivity contribution < 1.29 is 8.42 Å². The Kier molecular flexibility index (Phi) is 4.77. The number of hydrogen-bond donors (Lipinski definition) is 1. The van der Waals surface area contributed by atoms with E-state index in [2.05, 4.69) is 14.1 Å². The SMILES string of the molecule is O=S(=O)(Nc1ncns1)c1ccc2c(-c3ccc(Cl)cc3Cl)cccc2c1. The van der Waals surface area contributed by atoms with Crippen LogP contribution in [0.25, 0.3) is 21.9 Å². The van der Waals surface area contributed by atoms with E-state index in [1.807, 2.05) is 24.3 Å². The number of sulfonamides is 1. The van der Waals surface area contributed by atoms with E-state index in [1.165, 1.54) is 6.33 Å². The highest BCUT2D eigenvalue weighted by atomic mass is 35.5. The summed E-state index contributed by atoms with van der Waals surface area (Å²) in [4.78, 5) is 3.99. The van der Waals surface area contributed by atoms with Gasteiger partial charge in [0.05, 0.1) is 4.90 Å². The lowest BCUT2D eigenvalue weighted by molar-refractivity contribution is 0.601. The molecule has 5 nitrogen and oxygen atoms in total. The van der Waals surface area contributed by atoms with E-state index in [-0.39, 0.29) is 10.0 Å². The molecule has 27 heavy (non-hydrogen) atoms. The van der Waals surface area contributed by atoms with E-state index in [4.69, 9.17) is 23.2 Å². The molecule has 4 rings (SSSR count). The Balaban J connectivity index is 1.80. The fourth-order valence-electron chi connectivity index (χ4n) is 2.76. The molecule has 0 spiro atoms. The lowest BCUT2D eigenvalue weighted by Crippen LogP contribution is -2.12. The number of fused-ring (bicyclic) bond motifs is 1. The topological polar surface area (TPSA) is 72.0 Å². The summed E-state index contributed by atoms with van der Waals surface area (Å²) in [5.41, 5.74) is 1.73. The molecule has 3 aromatic carbocycles. The standard InChI is InChI=1S/C18H11Cl2N3O2S2/c19-12-4-6-16(17(20)9-12)15-3-1-2-11-8-13(5-7-14(11)15)27(24,25)23-18-21-10-22-26-18/h1-10H,(H,21,22,23). The minimum atomic E-state index is -3.75. The Morgan fingerprint density at radius 1 is 0.963 bits per heavy atom. The van der Waals surface area contributed by atoms with Gasteiger partial charge in [-0.05, 0) is 40.6 Å². The average molecular weight is 436 g/mol. The highest BCUT2D eigenvalue weighted by molar-refractivity contribution is 7.93. The summed E-state index contributed by atoms with van der Waals surface area (Å²) in [6, 6.07) is 15.9. The first kappa shape index (κ1) is 18.2. The van der Waals surface area contributed by atoms with Crippen LogP contribution in [0.15, 0.2) is 65.8 Å². The van der Waals surface area contributed by atoms with Crippen LogP contribution in [0.3, 0.4) is 0 Å². The second-order valence-electron chi connectivity index (χ2n) is 5.66. The maximum atomic E-state index is 12.6. The fourth-order valence-corrected chi connectivity index (χ4v) is 4.97. The molecule has 1 N–H and O–H groups in total. The zero-order valence-corrected chi connectivity index (χ0v) is 16.7. The van der Waals surface area contributed by atoms with Crippen molar-refractivity contribution in [3.63, 3.8) is 0 Å². The molecule has 0 atom stereocenters. The summed E-state index contributed by atoms with van der Waals surface area (Å²) in [7, 11) is -3.75. The first-order valence-corrected chi connectivity index (χ1v) is 10.7. The van der Waals surface area contributed by atoms with Crippen molar-refractivity contribution in [3.05, 3.63) is 71.0 Å². The number of halogens is 2. The van der Waals surface area contributed by atoms with Crippen LogP contribution < -0.4 is 4.72 Å². The molecule has 4 aromatic rings. The van der Waals surface area contributed by atoms with E-state index in [1.54, 1.807) is 30.3 Å². The first-order chi connectivity index (χ1) is 12.9. The van der Waals surface area contributed by atoms with Gasteiger partial charge in [-0.15, -0.1) is 0 Å². The molecular weight excluding hydrogens is 425 g/mol. The third kappa shape index (κ3) is 3.64. The molecule has 0 aliphatic carbocycles. The molecule has 1 heterocycles. The Morgan fingerprint density at radius 2 is 1.81 bits per heavy atom. The summed E-state index contributed by atoms with van der Waals surface area (Å²) >= 11 is 13.3. The fraction of sp³-hybridized carbons (Fsp3) is 0. The van der Waals surface area contributed by atoms with Crippen LogP contribution in [0.1, 0.15) is 0 Å². The zero-order chi connectivity index (χ0) is 19.0. The van der Waals surface area contributed by atoms with E-state index >= 15 is 0 Å². The van der Waals surface area contributed by atoms with Crippen molar-refractivity contribution in [2.24, 2.45) is 0 Å². The number of benzene rings is 3. The number of nitrogens with one attached hydrogen (secondary N) is 1. The van der Waals surface area contributed by atoms with Crippen molar-refractivity contribution in [1.29, 1.82) is 0 Å². The Hall–Kier alpha value is -2.19. The van der Waals surface area contributed by atoms with E-state index in [0.717, 1.165) is 33.4 Å². The molecule has 0 radical (unpaired) electrons. The van der Waals surface area contributed by atoms with Crippen LogP contribution in [0.5, 0.6) is 0 Å². The predicted octanol–water partition coefficient (Wildman–Crippen LogP) is 5.47. The van der Waals surface area contributed by atoms with Crippen LogP contribution in [0.2, 0.25) is 10.0 Å². The van der Waals surface area contributed by atoms with Gasteiger partial charge < -0.3 is 0 Å². The molecule has 0 aliphatic rings. The van der Waals surface area contributed by atoms with E-state index in [0.29, 0.717) is 10.0 Å². The quantitative estimate of drug-likeness (QED) is 0.461. The normalized spacial score (nSPS) is 11.6. The minimum absolute atomic E-state index is 0.143. The van der Waals surface area contributed by atoms with Crippen LogP contribution in [0, 0.1) is 0 Å². The summed E-state index contributed by atoms with van der Waals surface area (Å²) in [6.07, 6.45) is 1.30. The van der Waals surface area contributed by atoms with Gasteiger partial charge in [0.2, 0.25) is 5.13 Å². The highest BCUT2D eigenvalue weighted by Gasteiger charge is 2.17. The molecule has 1 aromatic heterocycles. The van der Waals surface area contributed by atoms with E-state index in [9.17, 15) is 8.42 Å². The highest BCUT2D eigenvalue weighted by Crippen LogP contribution is 2.35. The Morgan fingerprint density at radius 3 is 2.56 bits per heavy atom. The molecule has 136 valence electrons. The van der Waals surface area contributed by atoms with Gasteiger partial charge in [0.25, 0.3) is 10.0 Å². The van der Waals surface area contributed by atoms with Gasteiger partial charge in [0.15, 0.2) is 0 Å². The maximum Gasteiger partial charge on any atom is 0.263 e. The Bertz CT molecular complexity index is 1240. The van der Waals surface area contributed by atoms with E-state index < -0.39 is 10.0 Å². The largest absolute Gasteiger partial charge is 0.263 e. The van der Waals surface area contributed by atoms with Gasteiger partial charge in [0, 0.05) is 27.1 Å². The van der Waals surface area contributed by atoms with Crippen LogP contribution in [-0.4, -0.2) is 17.8 Å². The minimum Gasteiger partial charge on any atom is -0.253 e. The average Bonchev–Trinajstić information content (AvgIpc) is 3.13. The van der Waals surface area contributed by atoms with Crippen molar-refractivity contribution in [1.82, 2.24) is 9.36 Å². The van der Waals surface area contributed by atoms with Gasteiger partial charge >= 0.3 is 0 Å². The van der Waals surface area contributed by atoms with Crippen LogP contribution >= 0.6 is 34.7 Å². The Labute approximate surface area is 169 Å². The summed E-state index contributed by atoms with van der Waals surface area (Å²) in [5, 5.41) is 2.97. The van der Waals surface area contributed by atoms with Gasteiger partial charge in [-0.3, -0.25) is 4.72 Å². The zero-order valence-electron chi connectivity index (χ0n) is 13.6. The third-order valence-electron chi connectivity index (χ3n) is 3.97. The molecule has 0 amide bonds. The van der Waals surface area contributed by atoms with Gasteiger partial charge in [-0.25, -0.2) is 13.4 Å². The van der Waals surface area contributed by atoms with Gasteiger partial charge in [-0.2, -0.15) is 4.37 Å². The molecule has 0 aliphatic heterocycles. The second kappa shape index (κ2) is 7.09. The van der Waals surface area contributed by atoms with Crippen LogP contribution in [0.4, 0.5) is 5.13 Å². The lowest BCUT2D eigenvalue weighted by atomic mass is 9.98. The van der Waals surface area contributed by atoms with Crippen molar-refractivity contribution in [3.8, 4) is 11.1 Å². The molecule has 0 unspecified atom stereocenters. The number of anilines is 1. The molecule has 0 saturated carbocycles. The number of nitrogens with zero attached hydrogens (tertiary/aromatic N) is 2. The van der Waals surface area contributed by atoms with Crippen LogP contribution in [-0.2, 0) is 10.0 Å². The molecule has 9 heteroatoms. The van der Waals surface area contributed by atoms with Crippen molar-refractivity contribution in [2.75, 3.05) is 4.72 Å². The summed E-state index contributed by atoms with van der Waals surface area (Å²) in [6.45, 7) is 0. The molecule has 0 saturated heterocycles. The number of hydrogen-bond acceptors (Lipinski definition) is 5.